The van der Waals surface area contributed by atoms with E-state index in [9.17, 15) is 9.59 Å². The Balaban J connectivity index is 1.21. The summed E-state index contributed by atoms with van der Waals surface area (Å²) >= 11 is 2.83. The fraction of sp³-hybridized carbons (Fsp3) is 0.125. The monoisotopic (exact) mass is 493 g/mol. The quantitative estimate of drug-likeness (QED) is 0.349. The third-order valence-electron chi connectivity index (χ3n) is 4.94. The molecule has 0 unspecified atom stereocenters. The number of nitrogens with one attached hydrogen (secondary N) is 2. The van der Waals surface area contributed by atoms with Gasteiger partial charge in [-0.25, -0.2) is 4.98 Å². The zero-order valence-corrected chi connectivity index (χ0v) is 19.6. The number of hydrogen-bond acceptors (Lipinski definition) is 8. The minimum absolute atomic E-state index is 0.130. The second kappa shape index (κ2) is 9.62. The molecular formula is C24H19N3O5S2. The maximum Gasteiger partial charge on any atom is 0.255 e. The molecule has 3 aromatic carbocycles. The maximum absolute atomic E-state index is 12.6. The number of carbonyl (C=O) groups is 2. The van der Waals surface area contributed by atoms with Gasteiger partial charge in [-0.05, 0) is 48.5 Å². The molecule has 0 bridgehead atoms. The van der Waals surface area contributed by atoms with Crippen LogP contribution in [0.1, 0.15) is 10.4 Å². The largest absolute Gasteiger partial charge is 0.497 e. The van der Waals surface area contributed by atoms with Crippen molar-refractivity contribution in [1.82, 2.24) is 4.98 Å². The molecule has 34 heavy (non-hydrogen) atoms. The van der Waals surface area contributed by atoms with Crippen LogP contribution in [0, 0.1) is 0 Å². The van der Waals surface area contributed by atoms with Gasteiger partial charge in [-0.2, -0.15) is 0 Å². The van der Waals surface area contributed by atoms with Gasteiger partial charge in [0.2, 0.25) is 12.7 Å². The van der Waals surface area contributed by atoms with Crippen LogP contribution in [0.25, 0.3) is 10.2 Å². The van der Waals surface area contributed by atoms with Gasteiger partial charge < -0.3 is 24.8 Å². The number of benzene rings is 3. The molecule has 0 aliphatic carbocycles. The Morgan fingerprint density at radius 1 is 1.03 bits per heavy atom. The van der Waals surface area contributed by atoms with Crippen molar-refractivity contribution in [2.24, 2.45) is 0 Å². The van der Waals surface area contributed by atoms with Crippen LogP contribution >= 0.6 is 23.1 Å². The van der Waals surface area contributed by atoms with Crippen molar-refractivity contribution < 1.29 is 23.8 Å². The average molecular weight is 494 g/mol. The van der Waals surface area contributed by atoms with Crippen LogP contribution in [-0.4, -0.2) is 36.5 Å². The molecule has 1 aromatic heterocycles. The van der Waals surface area contributed by atoms with Crippen molar-refractivity contribution in [3.63, 3.8) is 0 Å². The van der Waals surface area contributed by atoms with E-state index in [1.54, 1.807) is 37.4 Å². The Bertz CT molecular complexity index is 1390. The Morgan fingerprint density at radius 3 is 2.76 bits per heavy atom. The second-order valence-corrected chi connectivity index (χ2v) is 9.51. The number of thioether (sulfide) groups is 1. The van der Waals surface area contributed by atoms with Gasteiger partial charge in [0, 0.05) is 23.0 Å². The van der Waals surface area contributed by atoms with E-state index >= 15 is 0 Å². The molecule has 1 aliphatic rings. The lowest BCUT2D eigenvalue weighted by molar-refractivity contribution is -0.113. The lowest BCUT2D eigenvalue weighted by Gasteiger charge is -2.06. The van der Waals surface area contributed by atoms with E-state index in [-0.39, 0.29) is 24.4 Å². The number of nitrogens with zero attached hydrogens (tertiary/aromatic N) is 1. The Labute approximate surface area is 203 Å². The fourth-order valence-electron chi connectivity index (χ4n) is 3.31. The van der Waals surface area contributed by atoms with E-state index in [2.05, 4.69) is 15.6 Å². The van der Waals surface area contributed by atoms with E-state index in [0.717, 1.165) is 14.6 Å². The molecule has 2 amide bonds. The SMILES string of the molecule is COc1cccc(NC(=O)CSc2nc3ccc(NC(=O)c4ccc5c(c4)OCO5)cc3s2)c1. The highest BCUT2D eigenvalue weighted by Gasteiger charge is 2.17. The average Bonchev–Trinajstić information content (AvgIpc) is 3.48. The van der Waals surface area contributed by atoms with Crippen LogP contribution in [-0.2, 0) is 4.79 Å². The molecule has 2 heterocycles. The normalized spacial score (nSPS) is 11.9. The summed E-state index contributed by atoms with van der Waals surface area (Å²) in [6.45, 7) is 0.158. The molecule has 4 aromatic rings. The Hall–Kier alpha value is -3.76. The van der Waals surface area contributed by atoms with Gasteiger partial charge in [-0.15, -0.1) is 11.3 Å². The van der Waals surface area contributed by atoms with Crippen LogP contribution in [0.2, 0.25) is 0 Å². The summed E-state index contributed by atoms with van der Waals surface area (Å²) in [5.74, 6) is 1.72. The molecule has 10 heteroatoms. The molecule has 0 saturated heterocycles. The first kappa shape index (κ1) is 22.1. The first-order chi connectivity index (χ1) is 16.6. The molecule has 0 fully saturated rings. The molecule has 1 aliphatic heterocycles. The van der Waals surface area contributed by atoms with Gasteiger partial charge in [-0.1, -0.05) is 17.8 Å². The Morgan fingerprint density at radius 2 is 1.88 bits per heavy atom. The van der Waals surface area contributed by atoms with E-state index in [1.807, 2.05) is 30.3 Å². The maximum atomic E-state index is 12.6. The number of anilines is 2. The number of ether oxygens (including phenoxy) is 3. The number of rotatable bonds is 7. The molecule has 172 valence electrons. The van der Waals surface area contributed by atoms with Gasteiger partial charge >= 0.3 is 0 Å². The van der Waals surface area contributed by atoms with Crippen molar-refractivity contribution >= 4 is 56.5 Å². The molecule has 8 nitrogen and oxygen atoms in total. The molecular weight excluding hydrogens is 474 g/mol. The summed E-state index contributed by atoms with van der Waals surface area (Å²) in [7, 11) is 1.58. The topological polar surface area (TPSA) is 98.8 Å². The highest BCUT2D eigenvalue weighted by molar-refractivity contribution is 8.01. The van der Waals surface area contributed by atoms with Crippen molar-refractivity contribution in [3.8, 4) is 17.2 Å². The number of hydrogen-bond donors (Lipinski definition) is 2. The highest BCUT2D eigenvalue weighted by Crippen LogP contribution is 2.34. The number of carbonyl (C=O) groups excluding carboxylic acids is 2. The summed E-state index contributed by atoms with van der Waals surface area (Å²) in [4.78, 5) is 29.5. The highest BCUT2D eigenvalue weighted by atomic mass is 32.2. The van der Waals surface area contributed by atoms with E-state index in [1.165, 1.54) is 23.1 Å². The first-order valence-corrected chi connectivity index (χ1v) is 12.1. The lowest BCUT2D eigenvalue weighted by atomic mass is 10.2. The molecule has 0 spiro atoms. The first-order valence-electron chi connectivity index (χ1n) is 10.3. The van der Waals surface area contributed by atoms with Gasteiger partial charge in [0.1, 0.15) is 5.75 Å². The summed E-state index contributed by atoms with van der Waals surface area (Å²) in [5, 5.41) is 5.76. The third-order valence-corrected chi connectivity index (χ3v) is 7.10. The van der Waals surface area contributed by atoms with Crippen molar-refractivity contribution in [1.29, 1.82) is 0 Å². The number of thiazole rings is 1. The molecule has 0 saturated carbocycles. The van der Waals surface area contributed by atoms with Crippen LogP contribution in [0.3, 0.4) is 0 Å². The predicted molar refractivity (Wildman–Crippen MR) is 132 cm³/mol. The minimum atomic E-state index is -0.244. The van der Waals surface area contributed by atoms with Crippen LogP contribution in [0.4, 0.5) is 11.4 Å². The zero-order chi connectivity index (χ0) is 23.5. The minimum Gasteiger partial charge on any atom is -0.497 e. The third kappa shape index (κ3) is 4.92. The predicted octanol–water partition coefficient (Wildman–Crippen LogP) is 5.02. The number of amides is 2. The van der Waals surface area contributed by atoms with Gasteiger partial charge in [-0.3, -0.25) is 9.59 Å². The summed E-state index contributed by atoms with van der Waals surface area (Å²) in [6, 6.07) is 17.8. The smallest absolute Gasteiger partial charge is 0.255 e. The van der Waals surface area contributed by atoms with Crippen molar-refractivity contribution in [3.05, 3.63) is 66.2 Å². The van der Waals surface area contributed by atoms with Crippen molar-refractivity contribution in [2.75, 3.05) is 30.3 Å². The van der Waals surface area contributed by atoms with Gasteiger partial charge in [0.25, 0.3) is 5.91 Å². The lowest BCUT2D eigenvalue weighted by Crippen LogP contribution is -2.13. The summed E-state index contributed by atoms with van der Waals surface area (Å²) < 4.78 is 17.5. The number of methoxy groups -OCH3 is 1. The fourth-order valence-corrected chi connectivity index (χ4v) is 5.22. The van der Waals surface area contributed by atoms with Crippen molar-refractivity contribution in [2.45, 2.75) is 4.34 Å². The van der Waals surface area contributed by atoms with E-state index in [0.29, 0.717) is 34.2 Å². The zero-order valence-electron chi connectivity index (χ0n) is 18.0. The molecule has 0 atom stereocenters. The summed E-state index contributed by atoms with van der Waals surface area (Å²) in [6.07, 6.45) is 0. The van der Waals surface area contributed by atoms with Crippen LogP contribution in [0.15, 0.2) is 65.0 Å². The van der Waals surface area contributed by atoms with Crippen LogP contribution in [0.5, 0.6) is 17.2 Å². The van der Waals surface area contributed by atoms with E-state index < -0.39 is 0 Å². The Kier molecular flexibility index (Phi) is 6.24. The van der Waals surface area contributed by atoms with Crippen LogP contribution < -0.4 is 24.8 Å². The van der Waals surface area contributed by atoms with Gasteiger partial charge in [0.05, 0.1) is 23.1 Å². The number of aromatic nitrogens is 1. The summed E-state index contributed by atoms with van der Waals surface area (Å²) in [5.41, 5.74) is 2.62. The number of fused-ring (bicyclic) bond motifs is 2. The standard InChI is InChI=1S/C24H19N3O5S2/c1-30-17-4-2-3-15(10-17)25-22(28)12-33-24-27-18-7-6-16(11-21(18)34-24)26-23(29)14-5-8-19-20(9-14)32-13-31-19/h2-11H,12-13H2,1H3,(H,25,28)(H,26,29). The molecule has 2 N–H and O–H groups in total. The second-order valence-electron chi connectivity index (χ2n) is 7.25. The molecule has 5 rings (SSSR count). The van der Waals surface area contributed by atoms with Gasteiger partial charge in [0.15, 0.2) is 15.8 Å². The molecule has 0 radical (unpaired) electrons. The van der Waals surface area contributed by atoms with E-state index in [4.69, 9.17) is 14.2 Å².